The van der Waals surface area contributed by atoms with Crippen LogP contribution in [0.3, 0.4) is 0 Å². The molecule has 1 amide bonds. The van der Waals surface area contributed by atoms with E-state index in [-0.39, 0.29) is 24.8 Å². The molecular formula is C11H12FNO2. The van der Waals surface area contributed by atoms with Gasteiger partial charge in [0.05, 0.1) is 6.61 Å². The highest BCUT2D eigenvalue weighted by atomic mass is 19.1. The van der Waals surface area contributed by atoms with Crippen LogP contribution in [-0.4, -0.2) is 24.2 Å². The predicted octanol–water partition coefficient (Wildman–Crippen LogP) is 0.576. The SMILES string of the molecule is O=C1CC(CO)(c2cccc(F)c2)CN1. The Morgan fingerprint density at radius 2 is 2.33 bits per heavy atom. The van der Waals surface area contributed by atoms with Crippen LogP contribution in [0.15, 0.2) is 24.3 Å². The number of aliphatic hydroxyl groups excluding tert-OH is 1. The Morgan fingerprint density at radius 1 is 1.53 bits per heavy atom. The van der Waals surface area contributed by atoms with Gasteiger partial charge in [0, 0.05) is 18.4 Å². The van der Waals surface area contributed by atoms with Gasteiger partial charge in [-0.15, -0.1) is 0 Å². The molecule has 15 heavy (non-hydrogen) atoms. The number of rotatable bonds is 2. The van der Waals surface area contributed by atoms with Crippen LogP contribution in [0.25, 0.3) is 0 Å². The van der Waals surface area contributed by atoms with Crippen LogP contribution < -0.4 is 5.32 Å². The maximum absolute atomic E-state index is 13.0. The Hall–Kier alpha value is -1.42. The fraction of sp³-hybridized carbons (Fsp3) is 0.364. The third-order valence-corrected chi connectivity index (χ3v) is 2.86. The first kappa shape index (κ1) is 10.1. The summed E-state index contributed by atoms with van der Waals surface area (Å²) in [6.07, 6.45) is 0.215. The number of halogens is 1. The molecule has 0 radical (unpaired) electrons. The lowest BCUT2D eigenvalue weighted by molar-refractivity contribution is -0.119. The fourth-order valence-electron chi connectivity index (χ4n) is 1.93. The van der Waals surface area contributed by atoms with Gasteiger partial charge in [-0.05, 0) is 17.7 Å². The van der Waals surface area contributed by atoms with Crippen LogP contribution in [-0.2, 0) is 10.2 Å². The molecule has 1 fully saturated rings. The molecule has 0 aromatic heterocycles. The third kappa shape index (κ3) is 1.72. The zero-order chi connectivity index (χ0) is 10.9. The first-order chi connectivity index (χ1) is 7.16. The monoisotopic (exact) mass is 209 g/mol. The lowest BCUT2D eigenvalue weighted by Gasteiger charge is -2.24. The Labute approximate surface area is 86.9 Å². The molecule has 1 aliphatic rings. The second kappa shape index (κ2) is 3.62. The van der Waals surface area contributed by atoms with Crippen molar-refractivity contribution < 1.29 is 14.3 Å². The van der Waals surface area contributed by atoms with E-state index in [9.17, 15) is 14.3 Å². The molecule has 3 nitrogen and oxygen atoms in total. The number of hydrogen-bond donors (Lipinski definition) is 2. The first-order valence-corrected chi connectivity index (χ1v) is 4.80. The number of benzene rings is 1. The van der Waals surface area contributed by atoms with Crippen LogP contribution >= 0.6 is 0 Å². The maximum atomic E-state index is 13.0. The highest BCUT2D eigenvalue weighted by Gasteiger charge is 2.39. The van der Waals surface area contributed by atoms with Gasteiger partial charge in [-0.1, -0.05) is 12.1 Å². The quantitative estimate of drug-likeness (QED) is 0.748. The minimum absolute atomic E-state index is 0.103. The second-order valence-corrected chi connectivity index (χ2v) is 3.90. The van der Waals surface area contributed by atoms with Gasteiger partial charge < -0.3 is 10.4 Å². The van der Waals surface area contributed by atoms with E-state index in [0.717, 1.165) is 0 Å². The molecule has 80 valence electrons. The largest absolute Gasteiger partial charge is 0.395 e. The molecule has 1 saturated heterocycles. The standard InChI is InChI=1S/C11H12FNO2/c12-9-3-1-2-8(4-9)11(7-14)5-10(15)13-6-11/h1-4,14H,5-7H2,(H,13,15). The molecule has 0 spiro atoms. The van der Waals surface area contributed by atoms with Crippen molar-refractivity contribution in [2.24, 2.45) is 0 Å². The Balaban J connectivity index is 2.38. The van der Waals surface area contributed by atoms with Crippen molar-refractivity contribution in [1.82, 2.24) is 5.32 Å². The van der Waals surface area contributed by atoms with Gasteiger partial charge in [0.1, 0.15) is 5.82 Å². The van der Waals surface area contributed by atoms with Crippen molar-refractivity contribution in [3.8, 4) is 0 Å². The minimum atomic E-state index is -0.654. The van der Waals surface area contributed by atoms with E-state index >= 15 is 0 Å². The normalized spacial score (nSPS) is 25.3. The van der Waals surface area contributed by atoms with Gasteiger partial charge in [-0.25, -0.2) is 4.39 Å². The van der Waals surface area contributed by atoms with Crippen LogP contribution in [0, 0.1) is 5.82 Å². The summed E-state index contributed by atoms with van der Waals surface area (Å²) in [6, 6.07) is 6.04. The Morgan fingerprint density at radius 3 is 2.87 bits per heavy atom. The fourth-order valence-corrected chi connectivity index (χ4v) is 1.93. The van der Waals surface area contributed by atoms with Crippen molar-refractivity contribution in [2.45, 2.75) is 11.8 Å². The lowest BCUT2D eigenvalue weighted by Crippen LogP contribution is -2.33. The highest BCUT2D eigenvalue weighted by Crippen LogP contribution is 2.30. The zero-order valence-corrected chi connectivity index (χ0v) is 8.16. The molecule has 1 aromatic carbocycles. The number of carbonyl (C=O) groups is 1. The first-order valence-electron chi connectivity index (χ1n) is 4.80. The average molecular weight is 209 g/mol. The van der Waals surface area contributed by atoms with Crippen molar-refractivity contribution in [3.63, 3.8) is 0 Å². The number of hydrogen-bond acceptors (Lipinski definition) is 2. The van der Waals surface area contributed by atoms with Gasteiger partial charge in [-0.2, -0.15) is 0 Å². The van der Waals surface area contributed by atoms with Crippen molar-refractivity contribution in [1.29, 1.82) is 0 Å². The molecular weight excluding hydrogens is 197 g/mol. The average Bonchev–Trinajstić information content (AvgIpc) is 2.61. The minimum Gasteiger partial charge on any atom is -0.395 e. The smallest absolute Gasteiger partial charge is 0.221 e. The summed E-state index contributed by atoms with van der Waals surface area (Å²) in [7, 11) is 0. The van der Waals surface area contributed by atoms with E-state index in [1.54, 1.807) is 12.1 Å². The predicted molar refractivity (Wildman–Crippen MR) is 52.8 cm³/mol. The number of aliphatic hydroxyl groups is 1. The maximum Gasteiger partial charge on any atom is 0.221 e. The summed E-state index contributed by atoms with van der Waals surface area (Å²) in [5.74, 6) is -0.451. The van der Waals surface area contributed by atoms with Crippen molar-refractivity contribution >= 4 is 5.91 Å². The lowest BCUT2D eigenvalue weighted by atomic mass is 9.80. The van der Waals surface area contributed by atoms with E-state index in [2.05, 4.69) is 5.32 Å². The molecule has 4 heteroatoms. The van der Waals surface area contributed by atoms with E-state index < -0.39 is 5.41 Å². The Kier molecular flexibility index (Phi) is 2.44. The molecule has 1 heterocycles. The molecule has 1 atom stereocenters. The van der Waals surface area contributed by atoms with Crippen molar-refractivity contribution in [3.05, 3.63) is 35.6 Å². The van der Waals surface area contributed by atoms with Gasteiger partial charge >= 0.3 is 0 Å². The molecule has 1 aliphatic heterocycles. The van der Waals surface area contributed by atoms with Gasteiger partial charge in [0.2, 0.25) is 5.91 Å². The summed E-state index contributed by atoms with van der Waals surface area (Å²) in [5.41, 5.74) is 0.0162. The number of carbonyl (C=O) groups excluding carboxylic acids is 1. The van der Waals surface area contributed by atoms with E-state index in [1.807, 2.05) is 0 Å². The summed E-state index contributed by atoms with van der Waals surface area (Å²) in [5, 5.41) is 12.0. The van der Waals surface area contributed by atoms with Gasteiger partial charge in [0.15, 0.2) is 0 Å². The molecule has 1 unspecified atom stereocenters. The van der Waals surface area contributed by atoms with Crippen LogP contribution in [0.5, 0.6) is 0 Å². The summed E-state index contributed by atoms with van der Waals surface area (Å²) >= 11 is 0. The molecule has 0 saturated carbocycles. The van der Waals surface area contributed by atoms with Gasteiger partial charge in [0.25, 0.3) is 0 Å². The van der Waals surface area contributed by atoms with Crippen LogP contribution in [0.4, 0.5) is 4.39 Å². The van der Waals surface area contributed by atoms with E-state index in [1.165, 1.54) is 12.1 Å². The topological polar surface area (TPSA) is 49.3 Å². The van der Waals surface area contributed by atoms with E-state index in [4.69, 9.17) is 0 Å². The zero-order valence-electron chi connectivity index (χ0n) is 8.16. The molecule has 1 aromatic rings. The van der Waals surface area contributed by atoms with Gasteiger partial charge in [-0.3, -0.25) is 4.79 Å². The summed E-state index contributed by atoms with van der Waals surface area (Å²) < 4.78 is 13.0. The third-order valence-electron chi connectivity index (χ3n) is 2.86. The summed E-state index contributed by atoms with van der Waals surface area (Å²) in [6.45, 7) is 0.209. The molecule has 0 bridgehead atoms. The molecule has 2 rings (SSSR count). The van der Waals surface area contributed by atoms with Crippen molar-refractivity contribution in [2.75, 3.05) is 13.2 Å². The number of amides is 1. The Bertz CT molecular complexity index is 394. The van der Waals surface area contributed by atoms with Crippen LogP contribution in [0.2, 0.25) is 0 Å². The second-order valence-electron chi connectivity index (χ2n) is 3.90. The molecule has 2 N–H and O–H groups in total. The summed E-state index contributed by atoms with van der Waals surface area (Å²) in [4.78, 5) is 11.2. The highest BCUT2D eigenvalue weighted by molar-refractivity contribution is 5.80. The number of nitrogens with one attached hydrogen (secondary N) is 1. The van der Waals surface area contributed by atoms with Crippen LogP contribution in [0.1, 0.15) is 12.0 Å². The van der Waals surface area contributed by atoms with E-state index in [0.29, 0.717) is 12.1 Å². The molecule has 0 aliphatic carbocycles.